The van der Waals surface area contributed by atoms with E-state index in [0.717, 1.165) is 19.0 Å². The predicted octanol–water partition coefficient (Wildman–Crippen LogP) is 1.30. The number of benzene rings is 1. The highest BCUT2D eigenvalue weighted by Gasteiger charge is 2.09. The molecule has 0 saturated heterocycles. The van der Waals surface area contributed by atoms with Gasteiger partial charge in [0.2, 0.25) is 0 Å². The lowest BCUT2D eigenvalue weighted by atomic mass is 10.2. The highest BCUT2D eigenvalue weighted by molar-refractivity contribution is 5.79. The summed E-state index contributed by atoms with van der Waals surface area (Å²) in [5, 5.41) is 6.30. The standard InChI is InChI=1S/C14H24N4/c1-12(10-17-14(15-2)16-3)18(4)11-13-8-6-5-7-9-13/h5-9,12H,10-11H2,1-4H3,(H2,15,16,17). The molecule has 0 saturated carbocycles. The normalized spacial score (nSPS) is 13.5. The van der Waals surface area contributed by atoms with Crippen LogP contribution in [0.15, 0.2) is 35.3 Å². The molecule has 1 aromatic carbocycles. The second kappa shape index (κ2) is 7.71. The van der Waals surface area contributed by atoms with Crippen molar-refractivity contribution in [3.63, 3.8) is 0 Å². The van der Waals surface area contributed by atoms with Crippen molar-refractivity contribution in [1.29, 1.82) is 0 Å². The van der Waals surface area contributed by atoms with Crippen LogP contribution < -0.4 is 10.6 Å². The topological polar surface area (TPSA) is 39.7 Å². The Morgan fingerprint density at radius 2 is 2.00 bits per heavy atom. The minimum atomic E-state index is 0.440. The number of hydrogen-bond donors (Lipinski definition) is 2. The van der Waals surface area contributed by atoms with Gasteiger partial charge >= 0.3 is 0 Å². The van der Waals surface area contributed by atoms with E-state index in [0.29, 0.717) is 6.04 Å². The van der Waals surface area contributed by atoms with Crippen LogP contribution in [0.2, 0.25) is 0 Å². The fourth-order valence-electron chi connectivity index (χ4n) is 1.71. The Morgan fingerprint density at radius 3 is 2.56 bits per heavy atom. The summed E-state index contributed by atoms with van der Waals surface area (Å²) >= 11 is 0. The summed E-state index contributed by atoms with van der Waals surface area (Å²) in [5.74, 6) is 0.829. The monoisotopic (exact) mass is 248 g/mol. The third kappa shape index (κ3) is 4.75. The van der Waals surface area contributed by atoms with E-state index in [4.69, 9.17) is 0 Å². The molecule has 0 fully saturated rings. The van der Waals surface area contributed by atoms with Gasteiger partial charge in [-0.1, -0.05) is 30.3 Å². The highest BCUT2D eigenvalue weighted by Crippen LogP contribution is 2.05. The van der Waals surface area contributed by atoms with E-state index in [9.17, 15) is 0 Å². The van der Waals surface area contributed by atoms with Crippen LogP contribution in [0.5, 0.6) is 0 Å². The van der Waals surface area contributed by atoms with Crippen molar-refractivity contribution in [1.82, 2.24) is 15.5 Å². The van der Waals surface area contributed by atoms with E-state index in [1.807, 2.05) is 13.1 Å². The maximum atomic E-state index is 4.10. The molecule has 4 nitrogen and oxygen atoms in total. The molecule has 0 aliphatic heterocycles. The maximum Gasteiger partial charge on any atom is 0.190 e. The zero-order valence-electron chi connectivity index (χ0n) is 11.8. The number of rotatable bonds is 5. The van der Waals surface area contributed by atoms with Gasteiger partial charge in [-0.25, -0.2) is 0 Å². The first kappa shape index (κ1) is 14.5. The Bertz CT molecular complexity index is 361. The van der Waals surface area contributed by atoms with Crippen LogP contribution in [0.4, 0.5) is 0 Å². The average molecular weight is 248 g/mol. The Balaban J connectivity index is 2.40. The molecule has 0 aliphatic rings. The maximum absolute atomic E-state index is 4.10. The summed E-state index contributed by atoms with van der Waals surface area (Å²) in [7, 11) is 5.78. The van der Waals surface area contributed by atoms with Crippen molar-refractivity contribution < 1.29 is 0 Å². The zero-order chi connectivity index (χ0) is 13.4. The number of nitrogens with zero attached hydrogens (tertiary/aromatic N) is 2. The fourth-order valence-corrected chi connectivity index (χ4v) is 1.71. The van der Waals surface area contributed by atoms with Gasteiger partial charge < -0.3 is 10.6 Å². The van der Waals surface area contributed by atoms with E-state index < -0.39 is 0 Å². The molecule has 0 spiro atoms. The first-order valence-corrected chi connectivity index (χ1v) is 6.30. The molecule has 100 valence electrons. The second-order valence-electron chi connectivity index (χ2n) is 4.45. The molecule has 2 N–H and O–H groups in total. The molecule has 1 rings (SSSR count). The molecule has 18 heavy (non-hydrogen) atoms. The van der Waals surface area contributed by atoms with Crippen LogP contribution in [0, 0.1) is 0 Å². The van der Waals surface area contributed by atoms with Crippen LogP contribution >= 0.6 is 0 Å². The molecule has 0 radical (unpaired) electrons. The number of nitrogens with one attached hydrogen (secondary N) is 2. The van der Waals surface area contributed by atoms with Gasteiger partial charge in [0.15, 0.2) is 5.96 Å². The summed E-state index contributed by atoms with van der Waals surface area (Å²) < 4.78 is 0. The van der Waals surface area contributed by atoms with E-state index >= 15 is 0 Å². The van der Waals surface area contributed by atoms with Gasteiger partial charge in [0.1, 0.15) is 0 Å². The molecule has 0 aromatic heterocycles. The lowest BCUT2D eigenvalue weighted by molar-refractivity contribution is 0.249. The van der Waals surface area contributed by atoms with Gasteiger partial charge in [0, 0.05) is 33.2 Å². The average Bonchev–Trinajstić information content (AvgIpc) is 2.40. The van der Waals surface area contributed by atoms with Gasteiger partial charge in [-0.15, -0.1) is 0 Å². The smallest absolute Gasteiger partial charge is 0.190 e. The molecule has 0 bridgehead atoms. The number of likely N-dealkylation sites (N-methyl/N-ethyl adjacent to an activating group) is 1. The predicted molar refractivity (Wildman–Crippen MR) is 77.8 cm³/mol. The Morgan fingerprint density at radius 1 is 1.33 bits per heavy atom. The summed E-state index contributed by atoms with van der Waals surface area (Å²) in [6.07, 6.45) is 0. The Kier molecular flexibility index (Phi) is 6.22. The number of guanidine groups is 1. The summed E-state index contributed by atoms with van der Waals surface area (Å²) in [6.45, 7) is 4.04. The van der Waals surface area contributed by atoms with Crippen LogP contribution in [0.3, 0.4) is 0 Å². The molecular formula is C14H24N4. The Labute approximate surface area is 110 Å². The van der Waals surface area contributed by atoms with Crippen LogP contribution in [-0.4, -0.2) is 44.6 Å². The summed E-state index contributed by atoms with van der Waals surface area (Å²) in [4.78, 5) is 6.42. The third-order valence-electron chi connectivity index (χ3n) is 3.05. The van der Waals surface area contributed by atoms with Gasteiger partial charge in [0.05, 0.1) is 0 Å². The molecule has 1 atom stereocenters. The largest absolute Gasteiger partial charge is 0.359 e. The van der Waals surface area contributed by atoms with Gasteiger partial charge in [-0.3, -0.25) is 9.89 Å². The fraction of sp³-hybridized carbons (Fsp3) is 0.500. The molecule has 0 amide bonds. The van der Waals surface area contributed by atoms with Crippen molar-refractivity contribution in [2.75, 3.05) is 27.7 Å². The van der Waals surface area contributed by atoms with Crippen LogP contribution in [0.25, 0.3) is 0 Å². The van der Waals surface area contributed by atoms with Crippen molar-refractivity contribution in [3.8, 4) is 0 Å². The van der Waals surface area contributed by atoms with Crippen molar-refractivity contribution in [2.45, 2.75) is 19.5 Å². The third-order valence-corrected chi connectivity index (χ3v) is 3.05. The summed E-state index contributed by atoms with van der Waals surface area (Å²) in [5.41, 5.74) is 1.34. The number of aliphatic imine (C=N–C) groups is 1. The number of hydrogen-bond acceptors (Lipinski definition) is 2. The first-order valence-electron chi connectivity index (χ1n) is 6.30. The molecule has 4 heteroatoms. The molecular weight excluding hydrogens is 224 g/mol. The van der Waals surface area contributed by atoms with Crippen molar-refractivity contribution in [3.05, 3.63) is 35.9 Å². The Hall–Kier alpha value is -1.55. The van der Waals surface area contributed by atoms with E-state index in [1.54, 1.807) is 7.05 Å². The van der Waals surface area contributed by atoms with Gasteiger partial charge in [-0.2, -0.15) is 0 Å². The molecule has 0 aliphatic carbocycles. The minimum Gasteiger partial charge on any atom is -0.359 e. The zero-order valence-corrected chi connectivity index (χ0v) is 11.8. The van der Waals surface area contributed by atoms with Crippen LogP contribution in [-0.2, 0) is 6.54 Å². The summed E-state index contributed by atoms with van der Waals surface area (Å²) in [6, 6.07) is 11.0. The van der Waals surface area contributed by atoms with Crippen LogP contribution in [0.1, 0.15) is 12.5 Å². The first-order chi connectivity index (χ1) is 8.67. The minimum absolute atomic E-state index is 0.440. The second-order valence-corrected chi connectivity index (χ2v) is 4.45. The SMILES string of the molecule is CN=C(NC)NCC(C)N(C)Cc1ccccc1. The van der Waals surface area contributed by atoms with E-state index in [2.05, 4.69) is 58.8 Å². The van der Waals surface area contributed by atoms with E-state index in [1.165, 1.54) is 5.56 Å². The van der Waals surface area contributed by atoms with Gasteiger partial charge in [-0.05, 0) is 19.5 Å². The van der Waals surface area contributed by atoms with Gasteiger partial charge in [0.25, 0.3) is 0 Å². The molecule has 0 heterocycles. The lowest BCUT2D eigenvalue weighted by Gasteiger charge is -2.25. The molecule has 1 unspecified atom stereocenters. The highest BCUT2D eigenvalue weighted by atomic mass is 15.2. The van der Waals surface area contributed by atoms with E-state index in [-0.39, 0.29) is 0 Å². The van der Waals surface area contributed by atoms with Crippen molar-refractivity contribution in [2.24, 2.45) is 4.99 Å². The van der Waals surface area contributed by atoms with Crippen molar-refractivity contribution >= 4 is 5.96 Å². The lowest BCUT2D eigenvalue weighted by Crippen LogP contribution is -2.43. The molecule has 1 aromatic rings. The quantitative estimate of drug-likeness (QED) is 0.609.